The first kappa shape index (κ1) is 28.9. The van der Waals surface area contributed by atoms with E-state index in [1.165, 1.54) is 18.9 Å². The predicted octanol–water partition coefficient (Wildman–Crippen LogP) is 0.193. The molecule has 0 amide bonds. The monoisotopic (exact) mass is 340 g/mol. The van der Waals surface area contributed by atoms with Crippen LogP contribution in [0.25, 0.3) is 0 Å². The van der Waals surface area contributed by atoms with Gasteiger partial charge in [0.1, 0.15) is 5.78 Å². The molecule has 0 aliphatic rings. The molecule has 0 saturated heterocycles. The summed E-state index contributed by atoms with van der Waals surface area (Å²) in [5.74, 6) is 5.11. The molecule has 0 aromatic carbocycles. The number of carbonyl (C=O) groups is 1. The molecule has 4 N–H and O–H groups in total. The van der Waals surface area contributed by atoms with E-state index in [2.05, 4.69) is 9.44 Å². The van der Waals surface area contributed by atoms with Crippen LogP contribution in [0.15, 0.2) is 5.10 Å². The zero-order chi connectivity index (χ0) is 18.2. The Morgan fingerprint density at radius 3 is 1.38 bits per heavy atom. The summed E-state index contributed by atoms with van der Waals surface area (Å²) in [6, 6.07) is 0. The molecule has 126 valence electrons. The summed E-state index contributed by atoms with van der Waals surface area (Å²) in [7, 11) is 4.05. The third-order valence-corrected chi connectivity index (χ3v) is 1.07. The number of ketones is 1. The summed E-state index contributed by atoms with van der Waals surface area (Å²) in [4.78, 5) is 9.44. The summed E-state index contributed by atoms with van der Waals surface area (Å²) in [6.07, 6.45) is 0. The Morgan fingerprint density at radius 1 is 1.19 bits per heavy atom. The van der Waals surface area contributed by atoms with Crippen LogP contribution in [0.5, 0.6) is 0 Å². The van der Waals surface area contributed by atoms with E-state index in [9.17, 15) is 9.00 Å². The van der Waals surface area contributed by atoms with Gasteiger partial charge < -0.3 is 9.80 Å². The van der Waals surface area contributed by atoms with Gasteiger partial charge in [0.2, 0.25) is 0 Å². The topological polar surface area (TPSA) is 129 Å². The van der Waals surface area contributed by atoms with Gasteiger partial charge in [-0.3, -0.25) is 10.9 Å². The minimum absolute atomic E-state index is 0.167. The molecule has 0 aromatic rings. The van der Waals surface area contributed by atoms with Gasteiger partial charge in [-0.05, 0) is 27.7 Å². The molecular formula is C10H28MgN4O5S. The van der Waals surface area contributed by atoms with Gasteiger partial charge in [-0.2, -0.15) is 5.10 Å². The number of hydrazone groups is 1. The molecule has 9 nitrogen and oxygen atoms in total. The Kier molecular flexibility index (Phi) is 24.7. The van der Waals surface area contributed by atoms with Crippen LogP contribution in [0.2, 0.25) is 0 Å². The molecule has 0 heterocycles. The Balaban J connectivity index is -0.0000000948. The van der Waals surface area contributed by atoms with Gasteiger partial charge in [-0.25, -0.2) is 0 Å². The Bertz CT molecular complexity index is 361. The van der Waals surface area contributed by atoms with Crippen LogP contribution in [-0.2, 0) is 16.4 Å². The van der Waals surface area contributed by atoms with Gasteiger partial charge in [-0.15, -0.1) is 0 Å². The average molecular weight is 341 g/mol. The number of hydrogen-bond donors (Lipinski definition) is 3. The van der Waals surface area contributed by atoms with Gasteiger partial charge in [0, 0.05) is 33.9 Å². The average Bonchev–Trinajstić information content (AvgIpc) is 2.12. The van der Waals surface area contributed by atoms with Crippen molar-refractivity contribution in [2.24, 2.45) is 10.9 Å². The van der Waals surface area contributed by atoms with E-state index in [0.717, 1.165) is 5.71 Å². The molecule has 1 atom stereocenters. The first-order valence-electron chi connectivity index (χ1n) is 5.66. The van der Waals surface area contributed by atoms with Gasteiger partial charge in [0.15, 0.2) is 0 Å². The van der Waals surface area contributed by atoms with Crippen molar-refractivity contribution in [2.45, 2.75) is 27.7 Å². The second kappa shape index (κ2) is 17.9. The summed E-state index contributed by atoms with van der Waals surface area (Å²) in [6.45, 7) is 7.00. The van der Waals surface area contributed by atoms with E-state index in [-0.39, 0.29) is 5.78 Å². The fourth-order valence-electron chi connectivity index (χ4n) is 0.400. The molecule has 0 radical (unpaired) electrons. The van der Waals surface area contributed by atoms with Gasteiger partial charge in [-0.1, -0.05) is 0 Å². The van der Waals surface area contributed by atoms with Crippen molar-refractivity contribution in [3.8, 4) is 0 Å². The molecule has 0 aliphatic heterocycles. The number of carbonyl (C=O) groups excluding carboxylic acids is 1. The van der Waals surface area contributed by atoms with Gasteiger partial charge in [0.25, 0.3) is 0 Å². The SMILES string of the molecule is CC(C)=NN(C)C.CC(C)=O.CN(C)N.O=[S](O)(=[Mg])OO. The van der Waals surface area contributed by atoms with E-state index in [1.807, 2.05) is 27.9 Å². The summed E-state index contributed by atoms with van der Waals surface area (Å²) < 4.78 is 20.6. The van der Waals surface area contributed by atoms with Crippen LogP contribution in [0, 0.1) is 0 Å². The molecule has 0 spiro atoms. The number of hydrogen-bond acceptors (Lipinski definition) is 8. The molecule has 11 heteroatoms. The fraction of sp³-hybridized carbons (Fsp3) is 0.800. The van der Waals surface area contributed by atoms with Crippen LogP contribution in [0.1, 0.15) is 27.7 Å². The zero-order valence-electron chi connectivity index (χ0n) is 14.2. The van der Waals surface area contributed by atoms with E-state index in [0.29, 0.717) is 19.8 Å². The van der Waals surface area contributed by atoms with Crippen molar-refractivity contribution in [1.82, 2.24) is 10.0 Å². The Labute approximate surface area is 138 Å². The molecule has 0 bridgehead atoms. The third-order valence-electron chi connectivity index (χ3n) is 0.516. The number of hydrazine groups is 1. The molecule has 0 aromatic heterocycles. The van der Waals surface area contributed by atoms with E-state index < -0.39 is 7.32 Å². The zero-order valence-corrected chi connectivity index (χ0v) is 16.4. The van der Waals surface area contributed by atoms with Gasteiger partial charge in [0.05, 0.1) is 0 Å². The van der Waals surface area contributed by atoms with Crippen molar-refractivity contribution >= 4 is 38.6 Å². The Hall–Kier alpha value is -0.144. The third kappa shape index (κ3) is 135. The van der Waals surface area contributed by atoms with Crippen molar-refractivity contribution in [3.63, 3.8) is 0 Å². The molecule has 0 fully saturated rings. The summed E-state index contributed by atoms with van der Waals surface area (Å²) >= 11 is 0.671. The van der Waals surface area contributed by atoms with E-state index >= 15 is 0 Å². The molecular weight excluding hydrogens is 313 g/mol. The number of nitrogens with two attached hydrogens (primary N) is 1. The van der Waals surface area contributed by atoms with Crippen molar-refractivity contribution in [2.75, 3.05) is 28.2 Å². The van der Waals surface area contributed by atoms with E-state index in [1.54, 1.807) is 19.1 Å². The van der Waals surface area contributed by atoms with E-state index in [4.69, 9.17) is 15.7 Å². The molecule has 1 unspecified atom stereocenters. The summed E-state index contributed by atoms with van der Waals surface area (Å²) in [5, 5.41) is 14.7. The minimum atomic E-state index is -3.33. The van der Waals surface area contributed by atoms with Crippen molar-refractivity contribution < 1.29 is 23.1 Å². The first-order valence-corrected chi connectivity index (χ1v) is 9.00. The quantitative estimate of drug-likeness (QED) is 0.214. The van der Waals surface area contributed by atoms with Crippen molar-refractivity contribution in [1.29, 1.82) is 0 Å². The van der Waals surface area contributed by atoms with Crippen LogP contribution in [-0.4, -0.2) is 83.5 Å². The molecule has 21 heavy (non-hydrogen) atoms. The second-order valence-corrected chi connectivity index (χ2v) is 7.92. The standard InChI is InChI=1S/C5H12N2.C3H6O.C2H8N2.Mg.H2O4S/c1-5(2)6-7(3)4;1-3(2)4;1-4(2)3;;1-4-5(2)3/h1-4H3;1-2H3;3H2,1-2H3;;1H,(H,2,3). The molecule has 0 aliphatic carbocycles. The maximum absolute atomic E-state index is 9.65. The number of Topliss-reactive ketones (excluding diaryl/α,β-unsaturated/α-hetero) is 1. The first-order chi connectivity index (χ1) is 9.15. The van der Waals surface area contributed by atoms with Crippen LogP contribution in [0.4, 0.5) is 0 Å². The van der Waals surface area contributed by atoms with Crippen LogP contribution in [0.3, 0.4) is 0 Å². The normalized spacial score (nSPS) is 11.3. The molecule has 0 rings (SSSR count). The maximum atomic E-state index is 9.65. The van der Waals surface area contributed by atoms with Gasteiger partial charge >= 0.3 is 45.5 Å². The second-order valence-electron chi connectivity index (χ2n) is 4.42. The summed E-state index contributed by atoms with van der Waals surface area (Å²) in [5.41, 5.74) is 1.09. The van der Waals surface area contributed by atoms with Crippen LogP contribution < -0.4 is 5.84 Å². The number of nitrogens with zero attached hydrogens (tertiary/aromatic N) is 3. The van der Waals surface area contributed by atoms with Crippen LogP contribution >= 0.6 is 0 Å². The Morgan fingerprint density at radius 2 is 1.38 bits per heavy atom. The van der Waals surface area contributed by atoms with Crippen molar-refractivity contribution in [3.05, 3.63) is 0 Å². The fourth-order valence-corrected chi connectivity index (χ4v) is 0.400. The number of rotatable bonds is 2. The molecule has 0 saturated carbocycles. The predicted molar refractivity (Wildman–Crippen MR) is 86.9 cm³/mol.